The fourth-order valence-corrected chi connectivity index (χ4v) is 6.33. The van der Waals surface area contributed by atoms with Crippen LogP contribution in [0.2, 0.25) is 0 Å². The summed E-state index contributed by atoms with van der Waals surface area (Å²) in [6.45, 7) is 0. The summed E-state index contributed by atoms with van der Waals surface area (Å²) in [5, 5.41) is 13.5. The molecule has 2 nitrogen and oxygen atoms in total. The van der Waals surface area contributed by atoms with Gasteiger partial charge in [-0.25, -0.2) is 0 Å². The van der Waals surface area contributed by atoms with Gasteiger partial charge in [-0.1, -0.05) is 72.8 Å². The summed E-state index contributed by atoms with van der Waals surface area (Å²) >= 11 is 0. The Hall–Kier alpha value is -3.39. The van der Waals surface area contributed by atoms with Crippen LogP contribution in [0.1, 0.15) is 70.1 Å². The van der Waals surface area contributed by atoms with E-state index < -0.39 is 0 Å². The monoisotopic (exact) mass is 446 g/mol. The molecule has 2 aliphatic carbocycles. The molecular formula is C32H30O2. The summed E-state index contributed by atoms with van der Waals surface area (Å²) in [5.74, 6) is 0.677. The highest BCUT2D eigenvalue weighted by Gasteiger charge is 2.41. The first-order valence-corrected chi connectivity index (χ1v) is 12.6. The highest BCUT2D eigenvalue weighted by molar-refractivity contribution is 5.99. The summed E-state index contributed by atoms with van der Waals surface area (Å²) in [6.07, 6.45) is 6.44. The van der Waals surface area contributed by atoms with Gasteiger partial charge in [-0.15, -0.1) is 0 Å². The molecule has 0 bridgehead atoms. The van der Waals surface area contributed by atoms with Gasteiger partial charge in [0.05, 0.1) is 0 Å². The van der Waals surface area contributed by atoms with E-state index in [9.17, 15) is 9.90 Å². The van der Waals surface area contributed by atoms with E-state index in [4.69, 9.17) is 0 Å². The predicted molar refractivity (Wildman–Crippen MR) is 138 cm³/mol. The van der Waals surface area contributed by atoms with Gasteiger partial charge < -0.3 is 5.11 Å². The van der Waals surface area contributed by atoms with Gasteiger partial charge in [0.1, 0.15) is 5.75 Å². The Labute approximate surface area is 201 Å². The Bertz CT molecular complexity index is 1340. The molecule has 1 saturated carbocycles. The van der Waals surface area contributed by atoms with Crippen molar-refractivity contribution >= 4 is 16.6 Å². The minimum atomic E-state index is -0.145. The molecule has 1 fully saturated rings. The Kier molecular flexibility index (Phi) is 5.45. The number of aromatic hydroxyl groups is 1. The van der Waals surface area contributed by atoms with Crippen LogP contribution in [0.5, 0.6) is 5.75 Å². The highest BCUT2D eigenvalue weighted by atomic mass is 16.3. The molecule has 170 valence electrons. The maximum absolute atomic E-state index is 13.7. The largest absolute Gasteiger partial charge is 0.508 e. The molecule has 2 heteroatoms. The molecule has 0 aromatic heterocycles. The smallest absolute Gasteiger partial charge is 0.166 e. The summed E-state index contributed by atoms with van der Waals surface area (Å²) in [6, 6.07) is 28.9. The number of carbonyl (C=O) groups is 1. The summed E-state index contributed by atoms with van der Waals surface area (Å²) in [5.41, 5.74) is 5.84. The van der Waals surface area contributed by atoms with Gasteiger partial charge in [-0.2, -0.15) is 0 Å². The average molecular weight is 447 g/mol. The number of benzene rings is 4. The Morgan fingerprint density at radius 1 is 0.735 bits per heavy atom. The van der Waals surface area contributed by atoms with Gasteiger partial charge >= 0.3 is 0 Å². The van der Waals surface area contributed by atoms with Crippen LogP contribution in [-0.2, 0) is 12.8 Å². The predicted octanol–water partition coefficient (Wildman–Crippen LogP) is 7.58. The van der Waals surface area contributed by atoms with E-state index in [-0.39, 0.29) is 17.6 Å². The van der Waals surface area contributed by atoms with Crippen molar-refractivity contribution in [3.8, 4) is 5.75 Å². The SMILES string of the molecule is O=C(c1ccccc1)C1CC(c2ccccc2)CC1c1cc2cc3c(cc2cc1O)CCCC3. The Balaban J connectivity index is 1.43. The number of ketones is 1. The third kappa shape index (κ3) is 3.81. The van der Waals surface area contributed by atoms with Crippen LogP contribution in [0.3, 0.4) is 0 Å². The van der Waals surface area contributed by atoms with Crippen molar-refractivity contribution in [3.05, 3.63) is 113 Å². The van der Waals surface area contributed by atoms with Gasteiger partial charge in [0, 0.05) is 11.5 Å². The molecule has 6 rings (SSSR count). The second-order valence-corrected chi connectivity index (χ2v) is 10.1. The van der Waals surface area contributed by atoms with E-state index in [1.54, 1.807) is 0 Å². The van der Waals surface area contributed by atoms with Crippen LogP contribution in [0.25, 0.3) is 10.8 Å². The molecule has 1 N–H and O–H groups in total. The summed E-state index contributed by atoms with van der Waals surface area (Å²) < 4.78 is 0. The molecule has 4 aromatic carbocycles. The maximum atomic E-state index is 13.7. The lowest BCUT2D eigenvalue weighted by Crippen LogP contribution is -2.18. The van der Waals surface area contributed by atoms with Crippen LogP contribution in [0, 0.1) is 5.92 Å². The van der Waals surface area contributed by atoms with E-state index >= 15 is 0 Å². The van der Waals surface area contributed by atoms with Gasteiger partial charge in [0.15, 0.2) is 5.78 Å². The van der Waals surface area contributed by atoms with Gasteiger partial charge in [0.2, 0.25) is 0 Å². The zero-order chi connectivity index (χ0) is 23.1. The van der Waals surface area contributed by atoms with Crippen molar-refractivity contribution in [3.63, 3.8) is 0 Å². The molecule has 0 spiro atoms. The lowest BCUT2D eigenvalue weighted by Gasteiger charge is -2.22. The van der Waals surface area contributed by atoms with Crippen molar-refractivity contribution in [1.82, 2.24) is 0 Å². The molecule has 0 saturated heterocycles. The third-order valence-electron chi connectivity index (χ3n) is 8.07. The topological polar surface area (TPSA) is 37.3 Å². The number of aryl methyl sites for hydroxylation is 2. The van der Waals surface area contributed by atoms with Gasteiger partial charge in [-0.3, -0.25) is 4.79 Å². The van der Waals surface area contributed by atoms with Crippen LogP contribution < -0.4 is 0 Å². The van der Waals surface area contributed by atoms with E-state index in [0.717, 1.165) is 42.2 Å². The van der Waals surface area contributed by atoms with Crippen molar-refractivity contribution < 1.29 is 9.90 Å². The molecule has 2 aliphatic rings. The standard InChI is InChI=1S/C32H30O2/c33-31-20-26-16-24-14-8-7-13-23(24)15-25(26)18-29(31)28-17-27(21-9-3-1-4-10-21)19-30(28)32(34)22-11-5-2-6-12-22/h1-6,9-12,15-16,18,20,27-28,30,33H,7-8,13-14,17,19H2. The number of hydrogen-bond acceptors (Lipinski definition) is 2. The molecule has 4 aromatic rings. The molecule has 3 unspecified atom stereocenters. The van der Waals surface area contributed by atoms with Crippen molar-refractivity contribution in [2.45, 2.75) is 50.4 Å². The van der Waals surface area contributed by atoms with E-state index in [1.807, 2.05) is 42.5 Å². The van der Waals surface area contributed by atoms with Gasteiger partial charge in [-0.05, 0) is 95.5 Å². The minimum Gasteiger partial charge on any atom is -0.508 e. The first-order chi connectivity index (χ1) is 16.7. The number of hydrogen-bond donors (Lipinski definition) is 1. The third-order valence-corrected chi connectivity index (χ3v) is 8.07. The van der Waals surface area contributed by atoms with Gasteiger partial charge in [0.25, 0.3) is 0 Å². The first-order valence-electron chi connectivity index (χ1n) is 12.6. The van der Waals surface area contributed by atoms with Crippen LogP contribution in [-0.4, -0.2) is 10.9 Å². The normalized spacial score (nSPS) is 21.9. The van der Waals surface area contributed by atoms with Crippen LogP contribution >= 0.6 is 0 Å². The number of fused-ring (bicyclic) bond motifs is 2. The quantitative estimate of drug-likeness (QED) is 0.328. The van der Waals surface area contributed by atoms with E-state index in [1.165, 1.54) is 34.9 Å². The zero-order valence-electron chi connectivity index (χ0n) is 19.4. The van der Waals surface area contributed by atoms with Crippen molar-refractivity contribution in [2.75, 3.05) is 0 Å². The molecular weight excluding hydrogens is 416 g/mol. The molecule has 0 radical (unpaired) electrons. The second kappa shape index (κ2) is 8.76. The lowest BCUT2D eigenvalue weighted by molar-refractivity contribution is 0.0910. The zero-order valence-corrected chi connectivity index (χ0v) is 19.4. The number of phenolic OH excluding ortho intramolecular Hbond substituents is 1. The highest BCUT2D eigenvalue weighted by Crippen LogP contribution is 2.51. The van der Waals surface area contributed by atoms with E-state index in [2.05, 4.69) is 42.5 Å². The Morgan fingerprint density at radius 3 is 2.03 bits per heavy atom. The number of rotatable bonds is 4. The van der Waals surface area contributed by atoms with Crippen molar-refractivity contribution in [2.24, 2.45) is 5.92 Å². The number of carbonyl (C=O) groups excluding carboxylic acids is 1. The summed E-state index contributed by atoms with van der Waals surface area (Å²) in [4.78, 5) is 13.7. The van der Waals surface area contributed by atoms with Crippen LogP contribution in [0.4, 0.5) is 0 Å². The maximum Gasteiger partial charge on any atom is 0.166 e. The molecule has 0 aliphatic heterocycles. The number of Topliss-reactive ketones (excluding diaryl/α,β-unsaturated/α-hetero) is 1. The average Bonchev–Trinajstić information content (AvgIpc) is 3.33. The fourth-order valence-electron chi connectivity index (χ4n) is 6.33. The lowest BCUT2D eigenvalue weighted by atomic mass is 9.82. The van der Waals surface area contributed by atoms with E-state index in [0.29, 0.717) is 11.7 Å². The molecule has 3 atom stereocenters. The fraction of sp³-hybridized carbons (Fsp3) is 0.281. The van der Waals surface area contributed by atoms with Crippen LogP contribution in [0.15, 0.2) is 84.9 Å². The summed E-state index contributed by atoms with van der Waals surface area (Å²) in [7, 11) is 0. The first kappa shape index (κ1) is 21.2. The Morgan fingerprint density at radius 2 is 1.35 bits per heavy atom. The molecule has 34 heavy (non-hydrogen) atoms. The molecule has 0 amide bonds. The van der Waals surface area contributed by atoms with Crippen molar-refractivity contribution in [1.29, 1.82) is 0 Å². The second-order valence-electron chi connectivity index (χ2n) is 10.1. The molecule has 0 heterocycles. The number of phenols is 1. The minimum absolute atomic E-state index is 0.00153.